The first-order chi connectivity index (χ1) is 17.7. The van der Waals surface area contributed by atoms with E-state index in [1.165, 1.54) is 41.5 Å². The van der Waals surface area contributed by atoms with Crippen molar-refractivity contribution in [3.63, 3.8) is 0 Å². The Morgan fingerprint density at radius 3 is 1.22 bits per heavy atom. The third kappa shape index (κ3) is 14.0. The van der Waals surface area contributed by atoms with Crippen LogP contribution in [-0.4, -0.2) is 0 Å². The Morgan fingerprint density at radius 2 is 0.917 bits per heavy atom. The van der Waals surface area contributed by atoms with E-state index in [4.69, 9.17) is 0 Å². The van der Waals surface area contributed by atoms with Gasteiger partial charge in [-0.3, -0.25) is 0 Å². The van der Waals surface area contributed by atoms with Crippen LogP contribution in [0.4, 0.5) is 0 Å². The molecule has 0 amide bonds. The van der Waals surface area contributed by atoms with Gasteiger partial charge in [0.05, 0.1) is 0 Å². The van der Waals surface area contributed by atoms with Gasteiger partial charge in [0.25, 0.3) is 0 Å². The van der Waals surface area contributed by atoms with Gasteiger partial charge in [0.2, 0.25) is 0 Å². The van der Waals surface area contributed by atoms with E-state index in [1.807, 2.05) is 19.9 Å². The predicted octanol–water partition coefficient (Wildman–Crippen LogP) is 10.6. The lowest BCUT2D eigenvalue weighted by Crippen LogP contribution is -1.94. The van der Waals surface area contributed by atoms with E-state index >= 15 is 0 Å². The molecule has 0 heteroatoms. The van der Waals surface area contributed by atoms with Gasteiger partial charge in [-0.05, 0) is 55.4 Å². The van der Waals surface area contributed by atoms with Crippen molar-refractivity contribution in [3.05, 3.63) is 144 Å². The van der Waals surface area contributed by atoms with E-state index < -0.39 is 0 Å². The minimum Gasteiger partial charge on any atom is -0.107 e. The summed E-state index contributed by atoms with van der Waals surface area (Å²) in [6, 6.07) is 42.3. The molecule has 0 atom stereocenters. The van der Waals surface area contributed by atoms with Crippen molar-refractivity contribution in [1.82, 2.24) is 0 Å². The Balaban J connectivity index is 0. The normalized spacial score (nSPS) is 9.17. The van der Waals surface area contributed by atoms with Gasteiger partial charge < -0.3 is 0 Å². The van der Waals surface area contributed by atoms with Gasteiger partial charge in [-0.2, -0.15) is 0 Å². The third-order valence-electron chi connectivity index (χ3n) is 5.76. The molecule has 0 bridgehead atoms. The van der Waals surface area contributed by atoms with Crippen molar-refractivity contribution in [2.45, 2.75) is 66.2 Å². The highest BCUT2D eigenvalue weighted by Crippen LogP contribution is 2.22. The van der Waals surface area contributed by atoms with Gasteiger partial charge in [0.1, 0.15) is 0 Å². The number of unbranched alkanes of at least 4 members (excludes halogenated alkanes) is 1. The lowest BCUT2D eigenvalue weighted by Gasteiger charge is -2.11. The van der Waals surface area contributed by atoms with Crippen LogP contribution in [0, 0.1) is 11.8 Å². The van der Waals surface area contributed by atoms with Crippen molar-refractivity contribution in [1.29, 1.82) is 0 Å². The molecule has 0 aliphatic heterocycles. The van der Waals surface area contributed by atoms with E-state index in [0.29, 0.717) is 5.92 Å². The van der Waals surface area contributed by atoms with Crippen LogP contribution in [0.1, 0.15) is 78.5 Å². The number of benzene rings is 4. The highest BCUT2D eigenvalue weighted by molar-refractivity contribution is 5.31. The van der Waals surface area contributed by atoms with Crippen LogP contribution in [0.25, 0.3) is 0 Å². The van der Waals surface area contributed by atoms with Crippen molar-refractivity contribution >= 4 is 0 Å². The van der Waals surface area contributed by atoms with Gasteiger partial charge in [-0.15, -0.1) is 11.8 Å². The molecule has 4 aromatic rings. The molecule has 0 heterocycles. The number of hydrogen-bond acceptors (Lipinski definition) is 0. The molecule has 4 aromatic carbocycles. The van der Waals surface area contributed by atoms with E-state index in [0.717, 1.165) is 6.42 Å². The van der Waals surface area contributed by atoms with E-state index in [2.05, 4.69) is 148 Å². The van der Waals surface area contributed by atoms with Crippen molar-refractivity contribution in [2.24, 2.45) is 0 Å². The zero-order chi connectivity index (χ0) is 26.3. The van der Waals surface area contributed by atoms with E-state index in [9.17, 15) is 0 Å². The molecule has 0 spiro atoms. The molecule has 0 aliphatic carbocycles. The van der Waals surface area contributed by atoms with Crippen LogP contribution in [0.3, 0.4) is 0 Å². The summed E-state index contributed by atoms with van der Waals surface area (Å²) in [6.07, 6.45) is 4.97. The molecule has 0 aliphatic rings. The monoisotopic (exact) mass is 480 g/mol. The van der Waals surface area contributed by atoms with Crippen molar-refractivity contribution in [3.8, 4) is 11.8 Å². The smallest absolute Gasteiger partial charge is 0.00610 e. The first kappa shape index (κ1) is 30.5. The fraction of sp³-hybridized carbons (Fsp3) is 0.278. The Bertz CT molecular complexity index is 1020. The largest absolute Gasteiger partial charge is 0.107 e. The quantitative estimate of drug-likeness (QED) is 0.241. The molecular weight excluding hydrogens is 432 g/mol. The Morgan fingerprint density at radius 1 is 0.556 bits per heavy atom. The van der Waals surface area contributed by atoms with Crippen LogP contribution < -0.4 is 0 Å². The summed E-state index contributed by atoms with van der Waals surface area (Å²) in [5.41, 5.74) is 5.62. The molecule has 0 aromatic heterocycles. The Kier molecular flexibility index (Phi) is 17.6. The zero-order valence-electron chi connectivity index (χ0n) is 23.0. The van der Waals surface area contributed by atoms with Gasteiger partial charge in [0, 0.05) is 8.77 Å². The summed E-state index contributed by atoms with van der Waals surface area (Å²) in [7, 11) is 0. The topological polar surface area (TPSA) is 0 Å². The molecule has 0 nitrogen and oxygen atoms in total. The molecule has 4 rings (SSSR count). The predicted molar refractivity (Wildman–Crippen MR) is 165 cm³/mol. The molecule has 0 fully saturated rings. The molecular formula is C36H48. The molecule has 0 unspecified atom stereocenters. The summed E-state index contributed by atoms with van der Waals surface area (Å²) in [5.74, 6) is 5.84. The average Bonchev–Trinajstić information content (AvgIpc) is 2.98. The van der Waals surface area contributed by atoms with Gasteiger partial charge in [-0.1, -0.05) is 149 Å². The van der Waals surface area contributed by atoms with Crippen LogP contribution in [-0.2, 0) is 12.8 Å². The first-order valence-corrected chi connectivity index (χ1v) is 13.2. The summed E-state index contributed by atoms with van der Waals surface area (Å²) < 4.78 is 0. The minimum atomic E-state index is 0. The maximum Gasteiger partial charge on any atom is 0.00610 e. The molecule has 0 saturated carbocycles. The van der Waals surface area contributed by atoms with E-state index in [1.54, 1.807) is 0 Å². The van der Waals surface area contributed by atoms with Gasteiger partial charge in [0.15, 0.2) is 0 Å². The Hall–Kier alpha value is -3.56. The maximum absolute atomic E-state index is 2.68. The maximum atomic E-state index is 2.68. The van der Waals surface area contributed by atoms with Crippen LogP contribution in [0.2, 0.25) is 0 Å². The summed E-state index contributed by atoms with van der Waals surface area (Å²) in [4.78, 5) is 0. The van der Waals surface area contributed by atoms with Crippen LogP contribution in [0.5, 0.6) is 0 Å². The fourth-order valence-electron chi connectivity index (χ4n) is 3.42. The standard InChI is InChI=1S/C14H14.C10H14.C8H10.C4H6.2H2/c1-12(13-8-4-2-5-9-13)14-10-6-3-7-11-14;1-2-3-7-10-8-5-4-6-9-10;1-2-8-6-4-3-5-7-8;1-3-4-2;;/h2-12H,1H3;4-6,8-9H,2-3,7H2,1H3;3-7H,2H2,1H3;1-2H3;2*1H. The van der Waals surface area contributed by atoms with Crippen molar-refractivity contribution < 1.29 is 2.85 Å². The highest BCUT2D eigenvalue weighted by atomic mass is 14.1. The molecule has 36 heavy (non-hydrogen) atoms. The summed E-state index contributed by atoms with van der Waals surface area (Å²) >= 11 is 0. The number of hydrogen-bond donors (Lipinski definition) is 0. The Labute approximate surface area is 224 Å². The second kappa shape index (κ2) is 20.8. The molecule has 0 radical (unpaired) electrons. The number of rotatable bonds is 6. The SMILES string of the molecule is CC#CC.CC(c1ccccc1)c1ccccc1.CCCCc1ccccc1.CCc1ccccc1.[HH].[HH]. The molecule has 0 saturated heterocycles. The average molecular weight is 481 g/mol. The van der Waals surface area contributed by atoms with Crippen LogP contribution in [0.15, 0.2) is 121 Å². The number of aryl methyl sites for hydroxylation is 2. The summed E-state index contributed by atoms with van der Waals surface area (Å²) in [6.45, 7) is 10.3. The zero-order valence-corrected chi connectivity index (χ0v) is 23.0. The van der Waals surface area contributed by atoms with E-state index in [-0.39, 0.29) is 2.85 Å². The highest BCUT2D eigenvalue weighted by Gasteiger charge is 2.05. The van der Waals surface area contributed by atoms with Crippen molar-refractivity contribution in [2.75, 3.05) is 0 Å². The lowest BCUT2D eigenvalue weighted by molar-refractivity contribution is 0.795. The first-order valence-electron chi connectivity index (χ1n) is 13.2. The second-order valence-corrected chi connectivity index (χ2v) is 8.47. The molecule has 192 valence electrons. The summed E-state index contributed by atoms with van der Waals surface area (Å²) in [5, 5.41) is 0. The molecule has 0 N–H and O–H groups in total. The minimum absolute atomic E-state index is 0. The third-order valence-corrected chi connectivity index (χ3v) is 5.76. The second-order valence-electron chi connectivity index (χ2n) is 8.47. The van der Waals surface area contributed by atoms with Gasteiger partial charge >= 0.3 is 0 Å². The van der Waals surface area contributed by atoms with Gasteiger partial charge in [-0.25, -0.2) is 0 Å². The van der Waals surface area contributed by atoms with Crippen LogP contribution >= 0.6 is 0 Å². The lowest BCUT2D eigenvalue weighted by atomic mass is 9.93. The fourth-order valence-corrected chi connectivity index (χ4v) is 3.42.